The number of hydrogen-bond donors (Lipinski definition) is 0. The monoisotopic (exact) mass is 170 g/mol. The van der Waals surface area contributed by atoms with E-state index in [0.29, 0.717) is 0 Å². The smallest absolute Gasteiger partial charge is 0.0320 e. The van der Waals surface area contributed by atoms with Crippen molar-refractivity contribution in [3.05, 3.63) is 23.5 Å². The molecule has 0 heterocycles. The molecule has 0 aromatic rings. The summed E-state index contributed by atoms with van der Waals surface area (Å²) in [6.07, 6.45) is 9.52. The van der Waals surface area contributed by atoms with Gasteiger partial charge in [-0.3, -0.25) is 0 Å². The van der Waals surface area contributed by atoms with Gasteiger partial charge in [0.05, 0.1) is 0 Å². The van der Waals surface area contributed by atoms with Gasteiger partial charge < -0.3 is 0 Å². The molecule has 0 fully saturated rings. The van der Waals surface area contributed by atoms with Crippen LogP contribution >= 0.6 is 9.24 Å². The highest BCUT2D eigenvalue weighted by Gasteiger charge is 1.87. The Morgan fingerprint density at radius 1 is 1.36 bits per heavy atom. The molecule has 0 bridgehead atoms. The van der Waals surface area contributed by atoms with E-state index in [2.05, 4.69) is 35.2 Å². The van der Waals surface area contributed by atoms with Gasteiger partial charge >= 0.3 is 0 Å². The van der Waals surface area contributed by atoms with Crippen LogP contribution in [0.15, 0.2) is 23.5 Å². The Kier molecular flexibility index (Phi) is 7.95. The topological polar surface area (TPSA) is 0 Å². The van der Waals surface area contributed by atoms with Crippen LogP contribution in [0.4, 0.5) is 0 Å². The van der Waals surface area contributed by atoms with E-state index in [9.17, 15) is 0 Å². The van der Waals surface area contributed by atoms with Crippen LogP contribution in [-0.4, -0.2) is 0 Å². The molecule has 0 spiro atoms. The molecule has 0 saturated heterocycles. The molecule has 0 radical (unpaired) electrons. The Morgan fingerprint density at radius 2 is 2.09 bits per heavy atom. The van der Waals surface area contributed by atoms with Crippen LogP contribution in [-0.2, 0) is 0 Å². The summed E-state index contributed by atoms with van der Waals surface area (Å²) in [7, 11) is 2.58. The average molecular weight is 170 g/mol. The highest BCUT2D eigenvalue weighted by molar-refractivity contribution is 7.20. The molecule has 0 nitrogen and oxygen atoms in total. The van der Waals surface area contributed by atoms with Crippen LogP contribution < -0.4 is 0 Å². The van der Waals surface area contributed by atoms with E-state index >= 15 is 0 Å². The molecule has 1 heteroatoms. The molecule has 0 aromatic heterocycles. The van der Waals surface area contributed by atoms with E-state index in [0.717, 1.165) is 0 Å². The Morgan fingerprint density at radius 3 is 2.64 bits per heavy atom. The summed E-state index contributed by atoms with van der Waals surface area (Å²) in [4.78, 5) is 0. The molecule has 0 amide bonds. The van der Waals surface area contributed by atoms with Crippen molar-refractivity contribution in [2.45, 2.75) is 39.5 Å². The van der Waals surface area contributed by atoms with E-state index in [1.165, 1.54) is 31.3 Å². The lowest BCUT2D eigenvalue weighted by Gasteiger charge is -1.97. The molecule has 11 heavy (non-hydrogen) atoms. The second kappa shape index (κ2) is 8.01. The zero-order valence-electron chi connectivity index (χ0n) is 7.64. The van der Waals surface area contributed by atoms with Crippen molar-refractivity contribution in [3.8, 4) is 0 Å². The van der Waals surface area contributed by atoms with Gasteiger partial charge in [0.1, 0.15) is 0 Å². The van der Waals surface area contributed by atoms with Crippen molar-refractivity contribution in [1.29, 1.82) is 0 Å². The molecule has 0 aliphatic heterocycles. The molecule has 0 saturated carbocycles. The van der Waals surface area contributed by atoms with Gasteiger partial charge in [-0.15, -0.1) is 9.24 Å². The summed E-state index contributed by atoms with van der Waals surface area (Å²) < 4.78 is 0. The van der Waals surface area contributed by atoms with Gasteiger partial charge in [-0.25, -0.2) is 0 Å². The number of unbranched alkanes of at least 4 members (excludes halogenated alkanes) is 2. The van der Waals surface area contributed by atoms with E-state index in [-0.39, 0.29) is 0 Å². The third kappa shape index (κ3) is 7.81. The van der Waals surface area contributed by atoms with Gasteiger partial charge in [-0.05, 0) is 19.8 Å². The van der Waals surface area contributed by atoms with Gasteiger partial charge in [0.15, 0.2) is 0 Å². The summed E-state index contributed by atoms with van der Waals surface area (Å²) in [6.45, 7) is 4.43. The lowest BCUT2D eigenvalue weighted by atomic mass is 10.1. The van der Waals surface area contributed by atoms with Crippen molar-refractivity contribution in [3.63, 3.8) is 0 Å². The van der Waals surface area contributed by atoms with Gasteiger partial charge in [-0.1, -0.05) is 43.3 Å². The Bertz CT molecular complexity index is 134. The molecule has 0 aliphatic carbocycles. The zero-order valence-corrected chi connectivity index (χ0v) is 8.79. The van der Waals surface area contributed by atoms with Crippen LogP contribution in [0.2, 0.25) is 0 Å². The summed E-state index contributed by atoms with van der Waals surface area (Å²) in [6, 6.07) is 0. The predicted octanol–water partition coefficient (Wildman–Crippen LogP) is 3.90. The van der Waals surface area contributed by atoms with Crippen LogP contribution in [0.3, 0.4) is 0 Å². The Labute approximate surface area is 73.0 Å². The second-order valence-electron chi connectivity index (χ2n) is 2.86. The zero-order chi connectivity index (χ0) is 8.53. The van der Waals surface area contributed by atoms with Crippen molar-refractivity contribution >= 4 is 9.24 Å². The van der Waals surface area contributed by atoms with Gasteiger partial charge in [0.25, 0.3) is 0 Å². The highest BCUT2D eigenvalue weighted by atomic mass is 31.0. The van der Waals surface area contributed by atoms with Crippen molar-refractivity contribution < 1.29 is 0 Å². The maximum atomic E-state index is 2.58. The Balaban J connectivity index is 3.42. The third-order valence-corrected chi connectivity index (χ3v) is 1.89. The maximum absolute atomic E-state index is 2.58. The lowest BCUT2D eigenvalue weighted by molar-refractivity contribution is 0.713. The second-order valence-corrected chi connectivity index (χ2v) is 3.24. The minimum Gasteiger partial charge on any atom is -0.114 e. The molecule has 0 rings (SSSR count). The standard InChI is InChI=1S/C10H19P/c1-3-4-5-7-10(2)8-6-9-11/h6,8-9H,3-5,7,11H2,1-2H3/b9-6-,10-8-. The largest absolute Gasteiger partial charge is 0.114 e. The first-order chi connectivity index (χ1) is 5.31. The molecule has 1 atom stereocenters. The van der Waals surface area contributed by atoms with Gasteiger partial charge in [0, 0.05) is 0 Å². The van der Waals surface area contributed by atoms with Crippen LogP contribution in [0.1, 0.15) is 39.5 Å². The normalized spacial score (nSPS) is 12.8. The predicted molar refractivity (Wildman–Crippen MR) is 56.7 cm³/mol. The van der Waals surface area contributed by atoms with Gasteiger partial charge in [-0.2, -0.15) is 0 Å². The number of rotatable bonds is 5. The quantitative estimate of drug-likeness (QED) is 0.333. The fraction of sp³-hybridized carbons (Fsp3) is 0.600. The van der Waals surface area contributed by atoms with Crippen LogP contribution in [0, 0.1) is 0 Å². The minimum absolute atomic E-state index is 1.25. The third-order valence-electron chi connectivity index (χ3n) is 1.67. The molecule has 0 aromatic carbocycles. The highest BCUT2D eigenvalue weighted by Crippen LogP contribution is 2.07. The fourth-order valence-electron chi connectivity index (χ4n) is 0.957. The molecule has 1 unspecified atom stereocenters. The molecular formula is C10H19P. The lowest BCUT2D eigenvalue weighted by Crippen LogP contribution is -1.77. The summed E-state index contributed by atoms with van der Waals surface area (Å²) in [5.41, 5.74) is 1.48. The van der Waals surface area contributed by atoms with Crippen molar-refractivity contribution in [1.82, 2.24) is 0 Å². The minimum atomic E-state index is 1.25. The van der Waals surface area contributed by atoms with E-state index in [1.54, 1.807) is 0 Å². The molecule has 64 valence electrons. The molecule has 0 aliphatic rings. The summed E-state index contributed by atoms with van der Waals surface area (Å²) in [5.74, 6) is 1.99. The van der Waals surface area contributed by atoms with Crippen LogP contribution in [0.25, 0.3) is 0 Å². The fourth-order valence-corrected chi connectivity index (χ4v) is 1.07. The SMILES string of the molecule is CCCCC/C(C)=C\C=C/P. The number of hydrogen-bond acceptors (Lipinski definition) is 0. The Hall–Kier alpha value is -0.0900. The molecule has 0 N–H and O–H groups in total. The maximum Gasteiger partial charge on any atom is -0.0320 e. The van der Waals surface area contributed by atoms with E-state index in [4.69, 9.17) is 0 Å². The van der Waals surface area contributed by atoms with E-state index < -0.39 is 0 Å². The summed E-state index contributed by atoms with van der Waals surface area (Å²) in [5, 5.41) is 0. The molecular weight excluding hydrogens is 151 g/mol. The first-order valence-electron chi connectivity index (χ1n) is 4.35. The summed E-state index contributed by atoms with van der Waals surface area (Å²) >= 11 is 0. The first kappa shape index (κ1) is 10.9. The van der Waals surface area contributed by atoms with E-state index in [1.807, 2.05) is 5.82 Å². The first-order valence-corrected chi connectivity index (χ1v) is 5.02. The average Bonchev–Trinajstić information content (AvgIpc) is 2.01. The van der Waals surface area contributed by atoms with Gasteiger partial charge in [0.2, 0.25) is 0 Å². The van der Waals surface area contributed by atoms with Crippen molar-refractivity contribution in [2.24, 2.45) is 0 Å². The number of allylic oxidation sites excluding steroid dienone is 3. The van der Waals surface area contributed by atoms with Crippen molar-refractivity contribution in [2.75, 3.05) is 0 Å². The van der Waals surface area contributed by atoms with Crippen LogP contribution in [0.5, 0.6) is 0 Å².